The number of rotatable bonds is 0. The Morgan fingerprint density at radius 2 is 0.923 bits per heavy atom. The highest BCUT2D eigenvalue weighted by molar-refractivity contribution is 4.50. The SMILES string of the molecule is C1COCCN1.C1COCCN1.O. The Labute approximate surface area is 79.1 Å². The fraction of sp³-hybridized carbons (Fsp3) is 1.00. The van der Waals surface area contributed by atoms with Crippen molar-refractivity contribution >= 4 is 0 Å². The van der Waals surface area contributed by atoms with Crippen LogP contribution in [0.15, 0.2) is 0 Å². The second-order valence-corrected chi connectivity index (χ2v) is 2.72. The maximum Gasteiger partial charge on any atom is 0.0591 e. The van der Waals surface area contributed by atoms with Crippen molar-refractivity contribution in [3.8, 4) is 0 Å². The number of ether oxygens (including phenoxy) is 2. The van der Waals surface area contributed by atoms with Crippen LogP contribution in [0.25, 0.3) is 0 Å². The Balaban J connectivity index is 0.000000206. The van der Waals surface area contributed by atoms with E-state index in [2.05, 4.69) is 10.6 Å². The van der Waals surface area contributed by atoms with Crippen LogP contribution in [0.4, 0.5) is 0 Å². The summed E-state index contributed by atoms with van der Waals surface area (Å²) in [5.74, 6) is 0. The maximum atomic E-state index is 5.01. The van der Waals surface area contributed by atoms with Crippen molar-refractivity contribution in [2.24, 2.45) is 0 Å². The summed E-state index contributed by atoms with van der Waals surface area (Å²) in [6.45, 7) is 7.67. The average Bonchev–Trinajstić information content (AvgIpc) is 2.24. The van der Waals surface area contributed by atoms with E-state index in [9.17, 15) is 0 Å². The van der Waals surface area contributed by atoms with Gasteiger partial charge in [-0.05, 0) is 0 Å². The molecule has 5 nitrogen and oxygen atoms in total. The standard InChI is InChI=1S/2C4H9NO.H2O/c2*1-3-6-4-2-5-1;/h2*5H,1-4H2;1H2. The zero-order chi connectivity index (χ0) is 8.49. The van der Waals surface area contributed by atoms with Gasteiger partial charge in [0.2, 0.25) is 0 Å². The van der Waals surface area contributed by atoms with Crippen LogP contribution < -0.4 is 10.6 Å². The molecule has 2 aliphatic rings. The molecule has 0 unspecified atom stereocenters. The summed E-state index contributed by atoms with van der Waals surface area (Å²) in [6, 6.07) is 0. The molecule has 2 fully saturated rings. The summed E-state index contributed by atoms with van der Waals surface area (Å²) in [5.41, 5.74) is 0. The van der Waals surface area contributed by atoms with Crippen molar-refractivity contribution in [2.45, 2.75) is 0 Å². The van der Waals surface area contributed by atoms with Crippen LogP contribution in [0.3, 0.4) is 0 Å². The average molecular weight is 192 g/mol. The molecule has 0 bridgehead atoms. The van der Waals surface area contributed by atoms with Gasteiger partial charge in [0.05, 0.1) is 26.4 Å². The van der Waals surface area contributed by atoms with Crippen LogP contribution >= 0.6 is 0 Å². The van der Waals surface area contributed by atoms with E-state index in [4.69, 9.17) is 9.47 Å². The van der Waals surface area contributed by atoms with Gasteiger partial charge in [0.15, 0.2) is 0 Å². The van der Waals surface area contributed by atoms with Gasteiger partial charge >= 0.3 is 0 Å². The molecular formula is C8H20N2O3. The summed E-state index contributed by atoms with van der Waals surface area (Å²) in [5, 5.41) is 6.32. The molecule has 2 rings (SSSR count). The van der Waals surface area contributed by atoms with Gasteiger partial charge < -0.3 is 25.6 Å². The van der Waals surface area contributed by atoms with E-state index >= 15 is 0 Å². The van der Waals surface area contributed by atoms with Crippen LogP contribution in [0.5, 0.6) is 0 Å². The zero-order valence-electron chi connectivity index (χ0n) is 7.97. The maximum absolute atomic E-state index is 5.01. The monoisotopic (exact) mass is 192 g/mol. The number of hydrogen-bond donors (Lipinski definition) is 2. The Morgan fingerprint density at radius 1 is 0.615 bits per heavy atom. The molecule has 0 radical (unpaired) electrons. The van der Waals surface area contributed by atoms with Crippen molar-refractivity contribution in [3.63, 3.8) is 0 Å². The second kappa shape index (κ2) is 9.88. The smallest absolute Gasteiger partial charge is 0.0591 e. The minimum absolute atomic E-state index is 0. The lowest BCUT2D eigenvalue weighted by Gasteiger charge is -2.10. The molecule has 0 spiro atoms. The molecule has 2 saturated heterocycles. The van der Waals surface area contributed by atoms with Crippen LogP contribution in [0.2, 0.25) is 0 Å². The third-order valence-corrected chi connectivity index (χ3v) is 1.69. The molecule has 5 heteroatoms. The van der Waals surface area contributed by atoms with E-state index in [0.717, 1.165) is 52.6 Å². The number of nitrogens with one attached hydrogen (secondary N) is 2. The highest BCUT2D eigenvalue weighted by Gasteiger charge is 1.93. The highest BCUT2D eigenvalue weighted by Crippen LogP contribution is 1.77. The lowest BCUT2D eigenvalue weighted by molar-refractivity contribution is 0.109. The topological polar surface area (TPSA) is 74.0 Å². The minimum atomic E-state index is 0. The Bertz CT molecular complexity index is 60.4. The quantitative estimate of drug-likeness (QED) is 0.484. The molecule has 4 N–H and O–H groups in total. The predicted octanol–water partition coefficient (Wildman–Crippen LogP) is -1.61. The summed E-state index contributed by atoms with van der Waals surface area (Å²) in [4.78, 5) is 0. The van der Waals surface area contributed by atoms with Crippen LogP contribution in [-0.4, -0.2) is 58.1 Å². The summed E-state index contributed by atoms with van der Waals surface area (Å²) in [7, 11) is 0. The van der Waals surface area contributed by atoms with Gasteiger partial charge in [-0.3, -0.25) is 0 Å². The zero-order valence-corrected chi connectivity index (χ0v) is 7.97. The lowest BCUT2D eigenvalue weighted by Crippen LogP contribution is -2.30. The van der Waals surface area contributed by atoms with E-state index in [1.165, 1.54) is 0 Å². The Morgan fingerprint density at radius 3 is 1.00 bits per heavy atom. The molecule has 0 atom stereocenters. The van der Waals surface area contributed by atoms with Crippen LogP contribution in [0.1, 0.15) is 0 Å². The van der Waals surface area contributed by atoms with Gasteiger partial charge in [0.1, 0.15) is 0 Å². The fourth-order valence-electron chi connectivity index (χ4n) is 1.03. The van der Waals surface area contributed by atoms with Crippen molar-refractivity contribution in [1.82, 2.24) is 10.6 Å². The second-order valence-electron chi connectivity index (χ2n) is 2.72. The van der Waals surface area contributed by atoms with Gasteiger partial charge in [-0.2, -0.15) is 0 Å². The van der Waals surface area contributed by atoms with E-state index in [1.54, 1.807) is 0 Å². The Hall–Kier alpha value is -0.200. The first-order chi connectivity index (χ1) is 6.00. The molecule has 0 amide bonds. The first-order valence-corrected chi connectivity index (χ1v) is 4.57. The van der Waals surface area contributed by atoms with Gasteiger partial charge in [-0.1, -0.05) is 0 Å². The molecule has 2 aliphatic heterocycles. The van der Waals surface area contributed by atoms with Gasteiger partial charge in [0, 0.05) is 26.2 Å². The van der Waals surface area contributed by atoms with Crippen molar-refractivity contribution < 1.29 is 14.9 Å². The van der Waals surface area contributed by atoms with E-state index in [-0.39, 0.29) is 5.48 Å². The number of morpholine rings is 2. The summed E-state index contributed by atoms with van der Waals surface area (Å²) < 4.78 is 10.0. The van der Waals surface area contributed by atoms with Crippen molar-refractivity contribution in [3.05, 3.63) is 0 Å². The number of hydrogen-bond acceptors (Lipinski definition) is 4. The molecular weight excluding hydrogens is 172 g/mol. The summed E-state index contributed by atoms with van der Waals surface area (Å²) >= 11 is 0. The van der Waals surface area contributed by atoms with Crippen molar-refractivity contribution in [2.75, 3.05) is 52.6 Å². The fourth-order valence-corrected chi connectivity index (χ4v) is 1.03. The van der Waals surface area contributed by atoms with E-state index in [1.807, 2.05) is 0 Å². The van der Waals surface area contributed by atoms with Crippen LogP contribution in [0, 0.1) is 0 Å². The molecule has 13 heavy (non-hydrogen) atoms. The lowest BCUT2D eigenvalue weighted by atomic mass is 10.5. The molecule has 0 aromatic carbocycles. The predicted molar refractivity (Wildman–Crippen MR) is 51.0 cm³/mol. The van der Waals surface area contributed by atoms with E-state index in [0.29, 0.717) is 0 Å². The summed E-state index contributed by atoms with van der Waals surface area (Å²) in [6.07, 6.45) is 0. The molecule has 80 valence electrons. The molecule has 2 heterocycles. The highest BCUT2D eigenvalue weighted by atomic mass is 16.5. The van der Waals surface area contributed by atoms with E-state index < -0.39 is 0 Å². The van der Waals surface area contributed by atoms with Gasteiger partial charge in [-0.25, -0.2) is 0 Å². The Kier molecular flexibility index (Phi) is 9.73. The minimum Gasteiger partial charge on any atom is -0.412 e. The first kappa shape index (κ1) is 12.8. The van der Waals surface area contributed by atoms with Gasteiger partial charge in [-0.15, -0.1) is 0 Å². The van der Waals surface area contributed by atoms with Gasteiger partial charge in [0.25, 0.3) is 0 Å². The molecule has 0 aromatic heterocycles. The van der Waals surface area contributed by atoms with Crippen molar-refractivity contribution in [1.29, 1.82) is 0 Å². The third-order valence-electron chi connectivity index (χ3n) is 1.69. The molecule has 0 aliphatic carbocycles. The van der Waals surface area contributed by atoms with Crippen LogP contribution in [-0.2, 0) is 9.47 Å². The molecule has 0 saturated carbocycles. The first-order valence-electron chi connectivity index (χ1n) is 4.57. The largest absolute Gasteiger partial charge is 0.412 e. The third kappa shape index (κ3) is 8.14. The molecule has 0 aromatic rings. The normalized spacial score (nSPS) is 22.2.